The summed E-state index contributed by atoms with van der Waals surface area (Å²) in [5.74, 6) is 1.35. The molecule has 1 aliphatic carbocycles. The van der Waals surface area contributed by atoms with Gasteiger partial charge in [-0.05, 0) is 41.4 Å². The van der Waals surface area contributed by atoms with E-state index >= 15 is 0 Å². The molecule has 1 aromatic carbocycles. The number of aryl methyl sites for hydroxylation is 1. The predicted octanol–water partition coefficient (Wildman–Crippen LogP) is 2.65. The topological polar surface area (TPSA) is 105 Å². The van der Waals surface area contributed by atoms with Crippen molar-refractivity contribution in [3.8, 4) is 22.2 Å². The maximum absolute atomic E-state index is 12.3. The third kappa shape index (κ3) is 2.96. The molecule has 9 heteroatoms. The van der Waals surface area contributed by atoms with E-state index in [-0.39, 0.29) is 24.5 Å². The van der Waals surface area contributed by atoms with E-state index in [1.54, 1.807) is 0 Å². The van der Waals surface area contributed by atoms with Crippen LogP contribution < -0.4 is 0 Å². The van der Waals surface area contributed by atoms with Crippen LogP contribution in [-0.2, 0) is 17.6 Å². The summed E-state index contributed by atoms with van der Waals surface area (Å²) in [7, 11) is 0. The zero-order chi connectivity index (χ0) is 20.0. The summed E-state index contributed by atoms with van der Waals surface area (Å²) >= 11 is 1.27. The van der Waals surface area contributed by atoms with E-state index in [1.165, 1.54) is 17.1 Å². The lowest BCUT2D eigenvalue weighted by molar-refractivity contribution is -0.129. The van der Waals surface area contributed by atoms with Crippen LogP contribution >= 0.6 is 11.5 Å². The Morgan fingerprint density at radius 3 is 3.07 bits per heavy atom. The Kier molecular flexibility index (Phi) is 4.63. The fourth-order valence-electron chi connectivity index (χ4n) is 4.62. The summed E-state index contributed by atoms with van der Waals surface area (Å²) in [6, 6.07) is 6.08. The van der Waals surface area contributed by atoms with Crippen LogP contribution in [0.2, 0.25) is 0 Å². The quantitative estimate of drug-likeness (QED) is 0.665. The minimum Gasteiger partial charge on any atom is -0.395 e. The summed E-state index contributed by atoms with van der Waals surface area (Å²) in [6.07, 6.45) is 3.11. The van der Waals surface area contributed by atoms with E-state index in [1.807, 2.05) is 17.0 Å². The predicted molar refractivity (Wildman–Crippen MR) is 106 cm³/mol. The number of carbonyl (C=O) groups excluding carboxylic acids is 1. The SMILES string of the molecule is CCCc1nnsc1-c1nc(-c2cccc3c2C[C@H]2CC(=O)N(CCO)[C@@H]32)no1. The first-order chi connectivity index (χ1) is 14.2. The van der Waals surface area contributed by atoms with Crippen LogP contribution in [0.4, 0.5) is 0 Å². The van der Waals surface area contributed by atoms with Gasteiger partial charge in [-0.15, -0.1) is 5.10 Å². The van der Waals surface area contributed by atoms with Crippen LogP contribution in [0.15, 0.2) is 22.7 Å². The maximum atomic E-state index is 12.3. The highest BCUT2D eigenvalue weighted by Crippen LogP contribution is 2.49. The molecule has 8 nitrogen and oxygen atoms in total. The molecule has 1 saturated heterocycles. The number of nitrogens with zero attached hydrogens (tertiary/aromatic N) is 5. The molecule has 0 spiro atoms. The molecule has 0 unspecified atom stereocenters. The molecule has 1 aliphatic heterocycles. The lowest BCUT2D eigenvalue weighted by atomic mass is 10.0. The standard InChI is InChI=1S/C20H21N5O3S/c1-2-4-15-18(29-24-22-15)20-21-19(23-28-20)13-6-3-5-12-14(13)9-11-10-16(27)25(7-8-26)17(11)12/h3,5-6,11,17,26H,2,4,7-10H2,1H3/t11-,17+/m0/s1. The first-order valence-corrected chi connectivity index (χ1v) is 10.7. The third-order valence-corrected chi connectivity index (χ3v) is 6.54. The summed E-state index contributed by atoms with van der Waals surface area (Å²) in [5.41, 5.74) is 4.13. The molecule has 150 valence electrons. The van der Waals surface area contributed by atoms with E-state index in [2.05, 4.69) is 32.7 Å². The van der Waals surface area contributed by atoms with Crippen molar-refractivity contribution in [2.24, 2.45) is 5.92 Å². The Labute approximate surface area is 171 Å². The number of hydrogen-bond acceptors (Lipinski definition) is 8. The molecule has 2 atom stereocenters. The van der Waals surface area contributed by atoms with E-state index in [4.69, 9.17) is 4.52 Å². The summed E-state index contributed by atoms with van der Waals surface area (Å²) < 4.78 is 9.59. The molecule has 3 heterocycles. The van der Waals surface area contributed by atoms with Crippen molar-refractivity contribution in [1.82, 2.24) is 24.6 Å². The molecule has 1 N–H and O–H groups in total. The summed E-state index contributed by atoms with van der Waals surface area (Å²) in [4.78, 5) is 19.6. The van der Waals surface area contributed by atoms with Crippen LogP contribution in [0.3, 0.4) is 0 Å². The molecule has 2 aliphatic rings. The molecular weight excluding hydrogens is 390 g/mol. The Balaban J connectivity index is 1.51. The first kappa shape index (κ1) is 18.4. The maximum Gasteiger partial charge on any atom is 0.271 e. The number of β-amino-alcohol motifs (C(OH)–C–C–N with tert-alkyl or cyclic N) is 1. The fourth-order valence-corrected chi connectivity index (χ4v) is 5.25. The minimum atomic E-state index is -0.0266. The van der Waals surface area contributed by atoms with Gasteiger partial charge in [0.25, 0.3) is 5.89 Å². The Morgan fingerprint density at radius 2 is 2.24 bits per heavy atom. The number of aliphatic hydroxyl groups is 1. The number of fused-ring (bicyclic) bond motifs is 3. The van der Waals surface area contributed by atoms with Gasteiger partial charge in [0.05, 0.1) is 18.3 Å². The van der Waals surface area contributed by atoms with Gasteiger partial charge in [0.15, 0.2) is 0 Å². The average Bonchev–Trinajstić information content (AvgIpc) is 3.47. The molecule has 3 aromatic rings. The zero-order valence-electron chi connectivity index (χ0n) is 16.0. The number of rotatable bonds is 6. The number of benzene rings is 1. The van der Waals surface area contributed by atoms with Gasteiger partial charge in [0.1, 0.15) is 4.88 Å². The normalized spacial score (nSPS) is 20.3. The van der Waals surface area contributed by atoms with Crippen molar-refractivity contribution in [3.63, 3.8) is 0 Å². The van der Waals surface area contributed by atoms with E-state index in [0.29, 0.717) is 24.7 Å². The molecular formula is C20H21N5O3S. The van der Waals surface area contributed by atoms with E-state index in [0.717, 1.165) is 41.0 Å². The smallest absolute Gasteiger partial charge is 0.271 e. The molecule has 0 bridgehead atoms. The van der Waals surface area contributed by atoms with E-state index < -0.39 is 0 Å². The number of aromatic nitrogens is 4. The van der Waals surface area contributed by atoms with Gasteiger partial charge in [0, 0.05) is 18.5 Å². The Morgan fingerprint density at radius 1 is 1.34 bits per heavy atom. The Hall–Kier alpha value is -2.65. The summed E-state index contributed by atoms with van der Waals surface area (Å²) in [6.45, 7) is 2.44. The number of aliphatic hydroxyl groups excluding tert-OH is 1. The van der Waals surface area contributed by atoms with Crippen LogP contribution in [0, 0.1) is 5.92 Å². The van der Waals surface area contributed by atoms with Gasteiger partial charge >= 0.3 is 0 Å². The van der Waals surface area contributed by atoms with Gasteiger partial charge < -0.3 is 14.5 Å². The van der Waals surface area contributed by atoms with Crippen molar-refractivity contribution < 1.29 is 14.4 Å². The van der Waals surface area contributed by atoms with Crippen molar-refractivity contribution in [3.05, 3.63) is 35.0 Å². The average molecular weight is 411 g/mol. The molecule has 5 rings (SSSR count). The van der Waals surface area contributed by atoms with Gasteiger partial charge in [-0.1, -0.05) is 41.2 Å². The van der Waals surface area contributed by atoms with Gasteiger partial charge in [0.2, 0.25) is 11.7 Å². The molecule has 1 fully saturated rings. The van der Waals surface area contributed by atoms with Crippen LogP contribution in [0.25, 0.3) is 22.2 Å². The van der Waals surface area contributed by atoms with Crippen LogP contribution in [-0.4, -0.2) is 48.8 Å². The van der Waals surface area contributed by atoms with Crippen LogP contribution in [0.1, 0.15) is 42.6 Å². The first-order valence-electron chi connectivity index (χ1n) is 9.89. The fraction of sp³-hybridized carbons (Fsp3) is 0.450. The molecule has 0 saturated carbocycles. The molecule has 1 amide bonds. The van der Waals surface area contributed by atoms with Gasteiger partial charge in [-0.2, -0.15) is 4.98 Å². The number of hydrogen-bond donors (Lipinski definition) is 1. The second-order valence-corrected chi connectivity index (χ2v) is 8.27. The van der Waals surface area contributed by atoms with Gasteiger partial charge in [-0.3, -0.25) is 4.79 Å². The second kappa shape index (κ2) is 7.31. The number of carbonyl (C=O) groups is 1. The van der Waals surface area contributed by atoms with Crippen molar-refractivity contribution in [1.29, 1.82) is 0 Å². The van der Waals surface area contributed by atoms with Crippen molar-refractivity contribution in [2.75, 3.05) is 13.2 Å². The molecule has 2 aromatic heterocycles. The van der Waals surface area contributed by atoms with Gasteiger partial charge in [-0.25, -0.2) is 0 Å². The van der Waals surface area contributed by atoms with E-state index in [9.17, 15) is 9.90 Å². The highest BCUT2D eigenvalue weighted by atomic mass is 32.1. The molecule has 0 radical (unpaired) electrons. The Bertz CT molecular complexity index is 1060. The molecule has 29 heavy (non-hydrogen) atoms. The van der Waals surface area contributed by atoms with Crippen molar-refractivity contribution >= 4 is 17.4 Å². The lowest BCUT2D eigenvalue weighted by Crippen LogP contribution is -2.30. The lowest BCUT2D eigenvalue weighted by Gasteiger charge is -2.24. The third-order valence-electron chi connectivity index (χ3n) is 5.78. The highest BCUT2D eigenvalue weighted by molar-refractivity contribution is 7.09. The zero-order valence-corrected chi connectivity index (χ0v) is 16.9. The second-order valence-electron chi connectivity index (χ2n) is 7.52. The monoisotopic (exact) mass is 411 g/mol. The van der Waals surface area contributed by atoms with Crippen molar-refractivity contribution in [2.45, 2.75) is 38.6 Å². The summed E-state index contributed by atoms with van der Waals surface area (Å²) in [5, 5.41) is 17.8. The highest BCUT2D eigenvalue weighted by Gasteiger charge is 2.46. The largest absolute Gasteiger partial charge is 0.395 e. The van der Waals surface area contributed by atoms with Crippen LogP contribution in [0.5, 0.6) is 0 Å². The number of amides is 1. The minimum absolute atomic E-state index is 0.0258. The number of likely N-dealkylation sites (tertiary alicyclic amines) is 1.